The first-order valence-electron chi connectivity index (χ1n) is 8.54. The summed E-state index contributed by atoms with van der Waals surface area (Å²) in [7, 11) is 0. The molecule has 0 bridgehead atoms. The van der Waals surface area contributed by atoms with Crippen molar-refractivity contribution in [1.82, 2.24) is 0 Å². The van der Waals surface area contributed by atoms with Gasteiger partial charge in [-0.05, 0) is 36.8 Å². The lowest BCUT2D eigenvalue weighted by molar-refractivity contribution is -0.117. The Kier molecular flexibility index (Phi) is 4.12. The van der Waals surface area contributed by atoms with Crippen LogP contribution < -0.4 is 4.90 Å². The van der Waals surface area contributed by atoms with Crippen LogP contribution >= 0.6 is 0 Å². The molecule has 1 unspecified atom stereocenters. The zero-order valence-electron chi connectivity index (χ0n) is 14.6. The lowest BCUT2D eigenvalue weighted by atomic mass is 9.94. The predicted molar refractivity (Wildman–Crippen MR) is 101 cm³/mol. The summed E-state index contributed by atoms with van der Waals surface area (Å²) in [5.74, 6) is -1.58. The van der Waals surface area contributed by atoms with Crippen LogP contribution in [0.4, 0.5) is 5.69 Å². The van der Waals surface area contributed by atoms with Gasteiger partial charge in [0.05, 0.1) is 17.9 Å². The molecule has 1 N–H and O–H groups in total. The third-order valence-corrected chi connectivity index (χ3v) is 4.59. The van der Waals surface area contributed by atoms with Crippen LogP contribution in [0.1, 0.15) is 27.7 Å². The first-order valence-corrected chi connectivity index (χ1v) is 8.54. The molecule has 27 heavy (non-hydrogen) atoms. The SMILES string of the molecule is Cc1cccc(C2C(C(=O)c3ccco3)=C(O)C(=O)N2c2ccccc2)c1. The Balaban J connectivity index is 1.90. The summed E-state index contributed by atoms with van der Waals surface area (Å²) in [6.07, 6.45) is 1.39. The molecule has 1 aromatic heterocycles. The smallest absolute Gasteiger partial charge is 0.294 e. The summed E-state index contributed by atoms with van der Waals surface area (Å²) in [6, 6.07) is 18.9. The maximum Gasteiger partial charge on any atom is 0.294 e. The number of benzene rings is 2. The van der Waals surface area contributed by atoms with Gasteiger partial charge in [-0.15, -0.1) is 0 Å². The summed E-state index contributed by atoms with van der Waals surface area (Å²) < 4.78 is 5.22. The van der Waals surface area contributed by atoms with Crippen molar-refractivity contribution in [2.45, 2.75) is 13.0 Å². The molecule has 1 aliphatic rings. The molecule has 5 heteroatoms. The van der Waals surface area contributed by atoms with Gasteiger partial charge >= 0.3 is 0 Å². The number of Topliss-reactive ketones (excluding diaryl/α,β-unsaturated/α-hetero) is 1. The number of hydrogen-bond acceptors (Lipinski definition) is 4. The lowest BCUT2D eigenvalue weighted by Gasteiger charge is -2.27. The Morgan fingerprint density at radius 2 is 1.81 bits per heavy atom. The van der Waals surface area contributed by atoms with E-state index in [2.05, 4.69) is 0 Å². The monoisotopic (exact) mass is 359 g/mol. The van der Waals surface area contributed by atoms with Crippen molar-refractivity contribution in [1.29, 1.82) is 0 Å². The molecule has 0 saturated carbocycles. The third-order valence-electron chi connectivity index (χ3n) is 4.59. The maximum absolute atomic E-state index is 13.0. The van der Waals surface area contributed by atoms with E-state index in [1.807, 2.05) is 37.3 Å². The fourth-order valence-corrected chi connectivity index (χ4v) is 3.39. The summed E-state index contributed by atoms with van der Waals surface area (Å²) in [5.41, 5.74) is 2.35. The second-order valence-corrected chi connectivity index (χ2v) is 6.40. The molecule has 0 aliphatic carbocycles. The van der Waals surface area contributed by atoms with Crippen LogP contribution in [0.15, 0.2) is 88.7 Å². The number of amides is 1. The van der Waals surface area contributed by atoms with E-state index < -0.39 is 23.5 Å². The van der Waals surface area contributed by atoms with Gasteiger partial charge < -0.3 is 9.52 Å². The molecule has 4 rings (SSSR count). The van der Waals surface area contributed by atoms with E-state index >= 15 is 0 Å². The number of hydrogen-bond donors (Lipinski definition) is 1. The number of carbonyl (C=O) groups excluding carboxylic acids is 2. The Bertz CT molecular complexity index is 1040. The predicted octanol–water partition coefficient (Wildman–Crippen LogP) is 4.37. The quantitative estimate of drug-likeness (QED) is 0.702. The average Bonchev–Trinajstić information content (AvgIpc) is 3.30. The number of aryl methyl sites for hydroxylation is 1. The number of anilines is 1. The third kappa shape index (κ3) is 2.83. The van der Waals surface area contributed by atoms with Crippen LogP contribution in [0.3, 0.4) is 0 Å². The molecule has 134 valence electrons. The molecule has 5 nitrogen and oxygen atoms in total. The highest BCUT2D eigenvalue weighted by molar-refractivity contribution is 6.20. The minimum atomic E-state index is -0.739. The Morgan fingerprint density at radius 3 is 2.48 bits per heavy atom. The first kappa shape index (κ1) is 16.8. The van der Waals surface area contributed by atoms with E-state index in [4.69, 9.17) is 4.42 Å². The van der Waals surface area contributed by atoms with Gasteiger partial charge in [0.2, 0.25) is 5.78 Å². The number of nitrogens with zero attached hydrogens (tertiary/aromatic N) is 1. The van der Waals surface area contributed by atoms with Crippen molar-refractivity contribution >= 4 is 17.4 Å². The molecule has 1 amide bonds. The Morgan fingerprint density at radius 1 is 1.04 bits per heavy atom. The van der Waals surface area contributed by atoms with Crippen LogP contribution in [0.5, 0.6) is 0 Å². The van der Waals surface area contributed by atoms with E-state index in [0.717, 1.165) is 11.1 Å². The lowest BCUT2D eigenvalue weighted by Crippen LogP contribution is -2.31. The van der Waals surface area contributed by atoms with Crippen molar-refractivity contribution in [3.8, 4) is 0 Å². The zero-order valence-corrected chi connectivity index (χ0v) is 14.6. The van der Waals surface area contributed by atoms with Gasteiger partial charge in [-0.1, -0.05) is 48.0 Å². The summed E-state index contributed by atoms with van der Waals surface area (Å²) in [4.78, 5) is 27.4. The molecule has 3 aromatic rings. The second kappa shape index (κ2) is 6.61. The van der Waals surface area contributed by atoms with E-state index in [9.17, 15) is 14.7 Å². The van der Waals surface area contributed by atoms with Gasteiger partial charge in [-0.2, -0.15) is 0 Å². The van der Waals surface area contributed by atoms with Gasteiger partial charge in [0.15, 0.2) is 11.5 Å². The van der Waals surface area contributed by atoms with Crippen LogP contribution in [-0.2, 0) is 4.79 Å². The van der Waals surface area contributed by atoms with Gasteiger partial charge in [0, 0.05) is 5.69 Å². The molecule has 0 radical (unpaired) electrons. The molecular formula is C22H17NO4. The molecule has 1 aliphatic heterocycles. The van der Waals surface area contributed by atoms with Crippen LogP contribution in [0.25, 0.3) is 0 Å². The maximum atomic E-state index is 13.0. The van der Waals surface area contributed by atoms with Crippen LogP contribution in [0.2, 0.25) is 0 Å². The number of aliphatic hydroxyl groups is 1. The number of para-hydroxylation sites is 1. The number of carbonyl (C=O) groups is 2. The van der Waals surface area contributed by atoms with Crippen molar-refractivity contribution in [3.05, 3.63) is 101 Å². The largest absolute Gasteiger partial charge is 0.503 e. The minimum Gasteiger partial charge on any atom is -0.503 e. The summed E-state index contributed by atoms with van der Waals surface area (Å²) >= 11 is 0. The first-order chi connectivity index (χ1) is 13.1. The van der Waals surface area contributed by atoms with E-state index in [-0.39, 0.29) is 11.3 Å². The summed E-state index contributed by atoms with van der Waals surface area (Å²) in [5, 5.41) is 10.6. The fraction of sp³-hybridized carbons (Fsp3) is 0.0909. The Hall–Kier alpha value is -3.60. The van der Waals surface area contributed by atoms with Gasteiger partial charge in [0.1, 0.15) is 0 Å². The van der Waals surface area contributed by atoms with Crippen molar-refractivity contribution < 1.29 is 19.1 Å². The topological polar surface area (TPSA) is 70.7 Å². The minimum absolute atomic E-state index is 0.0180. The number of ketones is 1. The van der Waals surface area contributed by atoms with E-state index in [1.54, 1.807) is 30.3 Å². The van der Waals surface area contributed by atoms with E-state index in [0.29, 0.717) is 5.69 Å². The van der Waals surface area contributed by atoms with E-state index in [1.165, 1.54) is 17.2 Å². The van der Waals surface area contributed by atoms with Crippen molar-refractivity contribution in [3.63, 3.8) is 0 Å². The normalized spacial score (nSPS) is 16.9. The van der Waals surface area contributed by atoms with Crippen molar-refractivity contribution in [2.24, 2.45) is 0 Å². The highest BCUT2D eigenvalue weighted by Crippen LogP contribution is 2.41. The molecule has 0 fully saturated rings. The molecule has 1 atom stereocenters. The standard InChI is InChI=1S/C22H17NO4/c1-14-7-5-8-15(13-14)19-18(20(24)17-11-6-12-27-17)21(25)22(26)23(19)16-9-3-2-4-10-16/h2-13,19,25H,1H3. The second-order valence-electron chi connectivity index (χ2n) is 6.40. The molecular weight excluding hydrogens is 342 g/mol. The average molecular weight is 359 g/mol. The number of aliphatic hydroxyl groups excluding tert-OH is 1. The zero-order chi connectivity index (χ0) is 19.0. The van der Waals surface area contributed by atoms with Gasteiger partial charge in [0.25, 0.3) is 5.91 Å². The molecule has 2 aromatic carbocycles. The molecule has 0 saturated heterocycles. The van der Waals surface area contributed by atoms with Crippen LogP contribution in [0, 0.1) is 6.92 Å². The highest BCUT2D eigenvalue weighted by atomic mass is 16.3. The number of rotatable bonds is 4. The van der Waals surface area contributed by atoms with Crippen LogP contribution in [-0.4, -0.2) is 16.8 Å². The highest BCUT2D eigenvalue weighted by Gasteiger charge is 2.45. The fourth-order valence-electron chi connectivity index (χ4n) is 3.39. The molecule has 2 heterocycles. The van der Waals surface area contributed by atoms with Crippen molar-refractivity contribution in [2.75, 3.05) is 4.90 Å². The number of furan rings is 1. The van der Waals surface area contributed by atoms with Gasteiger partial charge in [-0.25, -0.2) is 0 Å². The van der Waals surface area contributed by atoms with Gasteiger partial charge in [-0.3, -0.25) is 14.5 Å². The molecule has 0 spiro atoms. The summed E-state index contributed by atoms with van der Waals surface area (Å²) in [6.45, 7) is 1.94. The Labute approximate surface area is 156 Å².